The summed E-state index contributed by atoms with van der Waals surface area (Å²) in [5.41, 5.74) is 3.20. The molecule has 3 rings (SSSR count). The molecular weight excluding hydrogens is 258 g/mol. The smallest absolute Gasteiger partial charge is 0.126 e. The van der Waals surface area contributed by atoms with E-state index in [0.717, 1.165) is 35.7 Å². The highest BCUT2D eigenvalue weighted by Gasteiger charge is 2.00. The predicted octanol–water partition coefficient (Wildman–Crippen LogP) is 3.80. The molecule has 0 aliphatic heterocycles. The average molecular weight is 275 g/mol. The van der Waals surface area contributed by atoms with Gasteiger partial charge in [-0.3, -0.25) is 4.98 Å². The largest absolute Gasteiger partial charge is 0.370 e. The van der Waals surface area contributed by atoms with Crippen molar-refractivity contribution in [2.45, 2.75) is 6.42 Å². The normalized spacial score (nSPS) is 10.3. The van der Waals surface area contributed by atoms with Crippen LogP contribution in [0.5, 0.6) is 0 Å². The summed E-state index contributed by atoms with van der Waals surface area (Å²) in [6.07, 6.45) is 2.71. The first-order valence-corrected chi connectivity index (χ1v) is 7.08. The molecule has 0 aliphatic rings. The first kappa shape index (κ1) is 13.3. The van der Waals surface area contributed by atoms with Crippen molar-refractivity contribution in [2.75, 3.05) is 11.9 Å². The molecule has 104 valence electrons. The van der Waals surface area contributed by atoms with Crippen molar-refractivity contribution in [2.24, 2.45) is 0 Å². The van der Waals surface area contributed by atoms with Crippen LogP contribution in [0.4, 0.5) is 5.82 Å². The van der Waals surface area contributed by atoms with Gasteiger partial charge in [0.05, 0.1) is 5.69 Å². The van der Waals surface area contributed by atoms with Crippen LogP contribution in [0.1, 0.15) is 5.69 Å². The van der Waals surface area contributed by atoms with Gasteiger partial charge in [0, 0.05) is 30.4 Å². The van der Waals surface area contributed by atoms with Crippen molar-refractivity contribution in [1.29, 1.82) is 0 Å². The van der Waals surface area contributed by atoms with E-state index in [0.29, 0.717) is 0 Å². The maximum absolute atomic E-state index is 4.64. The summed E-state index contributed by atoms with van der Waals surface area (Å²) in [6.45, 7) is 0.822. The van der Waals surface area contributed by atoms with E-state index in [4.69, 9.17) is 0 Å². The van der Waals surface area contributed by atoms with E-state index in [9.17, 15) is 0 Å². The Kier molecular flexibility index (Phi) is 4.22. The van der Waals surface area contributed by atoms with Crippen molar-refractivity contribution in [3.63, 3.8) is 0 Å². The molecule has 3 aromatic rings. The number of nitrogens with one attached hydrogen (secondary N) is 1. The molecule has 1 aromatic carbocycles. The number of benzene rings is 1. The fraction of sp³-hybridized carbons (Fsp3) is 0.111. The summed E-state index contributed by atoms with van der Waals surface area (Å²) in [5, 5.41) is 3.35. The molecule has 3 heteroatoms. The number of aromatic nitrogens is 2. The third-order valence-electron chi connectivity index (χ3n) is 3.23. The van der Waals surface area contributed by atoms with Gasteiger partial charge >= 0.3 is 0 Å². The first-order valence-electron chi connectivity index (χ1n) is 7.08. The van der Waals surface area contributed by atoms with Gasteiger partial charge in [0.2, 0.25) is 0 Å². The predicted molar refractivity (Wildman–Crippen MR) is 86.1 cm³/mol. The molecule has 2 heterocycles. The highest BCUT2D eigenvalue weighted by molar-refractivity contribution is 5.60. The zero-order chi connectivity index (χ0) is 14.3. The molecule has 21 heavy (non-hydrogen) atoms. The molecule has 2 aromatic heterocycles. The molecule has 0 spiro atoms. The number of hydrogen-bond acceptors (Lipinski definition) is 3. The fourth-order valence-corrected chi connectivity index (χ4v) is 2.17. The van der Waals surface area contributed by atoms with Gasteiger partial charge in [0.1, 0.15) is 5.82 Å². The summed E-state index contributed by atoms with van der Waals surface area (Å²) in [4.78, 5) is 8.96. The lowest BCUT2D eigenvalue weighted by Gasteiger charge is -2.07. The van der Waals surface area contributed by atoms with E-state index < -0.39 is 0 Å². The lowest BCUT2D eigenvalue weighted by atomic mass is 10.1. The Balaban J connectivity index is 1.64. The van der Waals surface area contributed by atoms with Gasteiger partial charge in [-0.1, -0.05) is 42.5 Å². The maximum Gasteiger partial charge on any atom is 0.126 e. The van der Waals surface area contributed by atoms with Crippen LogP contribution in [-0.4, -0.2) is 16.5 Å². The number of rotatable bonds is 5. The van der Waals surface area contributed by atoms with Crippen molar-refractivity contribution in [1.82, 2.24) is 9.97 Å². The van der Waals surface area contributed by atoms with Crippen LogP contribution in [0.15, 0.2) is 72.9 Å². The van der Waals surface area contributed by atoms with E-state index in [1.165, 1.54) is 0 Å². The summed E-state index contributed by atoms with van der Waals surface area (Å²) in [6, 6.07) is 22.2. The molecule has 1 N–H and O–H groups in total. The van der Waals surface area contributed by atoms with Gasteiger partial charge in [-0.25, -0.2) is 4.98 Å². The molecular formula is C18H17N3. The fourth-order valence-electron chi connectivity index (χ4n) is 2.17. The highest BCUT2D eigenvalue weighted by atomic mass is 15.0. The van der Waals surface area contributed by atoms with Gasteiger partial charge in [0.25, 0.3) is 0 Å². The summed E-state index contributed by atoms with van der Waals surface area (Å²) in [5.74, 6) is 0.896. The first-order chi connectivity index (χ1) is 10.4. The molecule has 0 bridgehead atoms. The lowest BCUT2D eigenvalue weighted by molar-refractivity contribution is 0.954. The van der Waals surface area contributed by atoms with Crippen LogP contribution in [0, 0.1) is 0 Å². The van der Waals surface area contributed by atoms with Gasteiger partial charge < -0.3 is 5.32 Å². The van der Waals surface area contributed by atoms with E-state index in [1.54, 1.807) is 0 Å². The van der Waals surface area contributed by atoms with E-state index >= 15 is 0 Å². The zero-order valence-corrected chi connectivity index (χ0v) is 11.7. The van der Waals surface area contributed by atoms with Crippen LogP contribution in [-0.2, 0) is 6.42 Å². The highest BCUT2D eigenvalue weighted by Crippen LogP contribution is 2.18. The van der Waals surface area contributed by atoms with Gasteiger partial charge in [-0.15, -0.1) is 0 Å². The minimum Gasteiger partial charge on any atom is -0.370 e. The molecule has 0 saturated carbocycles. The molecule has 3 nitrogen and oxygen atoms in total. The Morgan fingerprint density at radius 1 is 0.810 bits per heavy atom. The van der Waals surface area contributed by atoms with E-state index in [2.05, 4.69) is 27.4 Å². The Bertz CT molecular complexity index is 681. The van der Waals surface area contributed by atoms with Crippen LogP contribution >= 0.6 is 0 Å². The molecule has 0 aliphatic carbocycles. The van der Waals surface area contributed by atoms with Gasteiger partial charge in [0.15, 0.2) is 0 Å². The molecule has 0 unspecified atom stereocenters. The Morgan fingerprint density at radius 2 is 1.67 bits per heavy atom. The Labute approximate surface area is 124 Å². The number of anilines is 1. The zero-order valence-electron chi connectivity index (χ0n) is 11.7. The summed E-state index contributed by atoms with van der Waals surface area (Å²) >= 11 is 0. The number of pyridine rings is 2. The average Bonchev–Trinajstić information content (AvgIpc) is 2.57. The quantitative estimate of drug-likeness (QED) is 0.769. The third-order valence-corrected chi connectivity index (χ3v) is 3.23. The molecule has 0 fully saturated rings. The second-order valence-corrected chi connectivity index (χ2v) is 4.77. The SMILES string of the molecule is c1ccc(-c2cccc(NCCc3ccccn3)n2)cc1. The monoisotopic (exact) mass is 275 g/mol. The van der Waals surface area contributed by atoms with Crippen LogP contribution in [0.2, 0.25) is 0 Å². The Morgan fingerprint density at radius 3 is 2.48 bits per heavy atom. The second kappa shape index (κ2) is 6.66. The van der Waals surface area contributed by atoms with Gasteiger partial charge in [-0.2, -0.15) is 0 Å². The second-order valence-electron chi connectivity index (χ2n) is 4.77. The Hall–Kier alpha value is -2.68. The standard InChI is InChI=1S/C18H17N3/c1-2-7-15(8-3-1)17-10-6-11-18(21-17)20-14-12-16-9-4-5-13-19-16/h1-11,13H,12,14H2,(H,20,21). The minimum atomic E-state index is 0.822. The number of nitrogens with zero attached hydrogens (tertiary/aromatic N) is 2. The van der Waals surface area contributed by atoms with Crippen LogP contribution < -0.4 is 5.32 Å². The molecule has 0 amide bonds. The van der Waals surface area contributed by atoms with Crippen LogP contribution in [0.3, 0.4) is 0 Å². The summed E-state index contributed by atoms with van der Waals surface area (Å²) < 4.78 is 0. The van der Waals surface area contributed by atoms with Crippen molar-refractivity contribution in [3.05, 3.63) is 78.6 Å². The van der Waals surface area contributed by atoms with Crippen molar-refractivity contribution < 1.29 is 0 Å². The molecule has 0 saturated heterocycles. The van der Waals surface area contributed by atoms with E-state index in [1.807, 2.05) is 60.8 Å². The topological polar surface area (TPSA) is 37.8 Å². The van der Waals surface area contributed by atoms with Crippen molar-refractivity contribution in [3.8, 4) is 11.3 Å². The third kappa shape index (κ3) is 3.66. The lowest BCUT2D eigenvalue weighted by Crippen LogP contribution is -2.07. The van der Waals surface area contributed by atoms with E-state index in [-0.39, 0.29) is 0 Å². The van der Waals surface area contributed by atoms with Crippen molar-refractivity contribution >= 4 is 5.82 Å². The maximum atomic E-state index is 4.64. The minimum absolute atomic E-state index is 0.822. The van der Waals surface area contributed by atoms with Gasteiger partial charge in [-0.05, 0) is 24.3 Å². The molecule has 0 radical (unpaired) electrons. The summed E-state index contributed by atoms with van der Waals surface area (Å²) in [7, 11) is 0. The van der Waals surface area contributed by atoms with Crippen LogP contribution in [0.25, 0.3) is 11.3 Å². The molecule has 0 atom stereocenters. The number of hydrogen-bond donors (Lipinski definition) is 1.